The number of urea groups is 1. The first-order valence-corrected chi connectivity index (χ1v) is 11.8. The predicted octanol–water partition coefficient (Wildman–Crippen LogP) is 3.16. The van der Waals surface area contributed by atoms with E-state index in [2.05, 4.69) is 28.6 Å². The van der Waals surface area contributed by atoms with Crippen molar-refractivity contribution in [2.75, 3.05) is 11.9 Å². The van der Waals surface area contributed by atoms with Crippen LogP contribution in [0.15, 0.2) is 15.5 Å². The van der Waals surface area contributed by atoms with Crippen molar-refractivity contribution in [2.45, 2.75) is 64.3 Å². The third-order valence-corrected chi connectivity index (χ3v) is 6.91. The Kier molecular flexibility index (Phi) is 5.31. The van der Waals surface area contributed by atoms with Crippen molar-refractivity contribution in [3.63, 3.8) is 0 Å². The second-order valence-corrected chi connectivity index (χ2v) is 10.2. The minimum atomic E-state index is -3.51. The number of hydrogen-bond donors (Lipinski definition) is 2. The van der Waals surface area contributed by atoms with Crippen molar-refractivity contribution in [1.82, 2.24) is 14.8 Å². The van der Waals surface area contributed by atoms with E-state index in [1.165, 1.54) is 6.20 Å². The summed E-state index contributed by atoms with van der Waals surface area (Å²) < 4.78 is 24.2. The molecule has 0 fully saturated rings. The van der Waals surface area contributed by atoms with Crippen LogP contribution in [0.25, 0.3) is 0 Å². The highest BCUT2D eigenvalue weighted by molar-refractivity contribution is 7.91. The molecule has 0 radical (unpaired) electrons. The summed E-state index contributed by atoms with van der Waals surface area (Å²) in [6.45, 7) is 9.23. The number of nitrogens with one attached hydrogen (secondary N) is 1. The van der Waals surface area contributed by atoms with Crippen molar-refractivity contribution in [1.29, 1.82) is 0 Å². The molecule has 1 aliphatic carbocycles. The van der Waals surface area contributed by atoms with E-state index in [1.807, 2.05) is 13.8 Å². The van der Waals surface area contributed by atoms with Gasteiger partial charge in [0, 0.05) is 17.3 Å². The number of aryl methyl sites for hydroxylation is 1. The van der Waals surface area contributed by atoms with E-state index in [-0.39, 0.29) is 16.7 Å². The predicted molar refractivity (Wildman–Crippen MR) is 114 cm³/mol. The summed E-state index contributed by atoms with van der Waals surface area (Å²) in [5.41, 5.74) is 4.63. The van der Waals surface area contributed by atoms with Gasteiger partial charge in [-0.3, -0.25) is 4.98 Å². The molecule has 9 nitrogen and oxygen atoms in total. The topological polar surface area (TPSA) is 124 Å². The summed E-state index contributed by atoms with van der Waals surface area (Å²) in [6.07, 6.45) is 4.10. The van der Waals surface area contributed by atoms with Crippen LogP contribution in [-0.2, 0) is 29.3 Å². The van der Waals surface area contributed by atoms with Gasteiger partial charge in [-0.2, -0.15) is 5.10 Å². The minimum absolute atomic E-state index is 0.143. The van der Waals surface area contributed by atoms with E-state index >= 15 is 0 Å². The Morgan fingerprint density at radius 3 is 2.93 bits per heavy atom. The van der Waals surface area contributed by atoms with Gasteiger partial charge in [0.1, 0.15) is 4.90 Å². The molecule has 0 spiro atoms. The fourth-order valence-corrected chi connectivity index (χ4v) is 5.14. The van der Waals surface area contributed by atoms with Crippen molar-refractivity contribution < 1.29 is 13.7 Å². The quantitative estimate of drug-likeness (QED) is 0.771. The minimum Gasteiger partial charge on any atom is -0.477 e. The maximum Gasteiger partial charge on any atom is 0.354 e. The van der Waals surface area contributed by atoms with Crippen LogP contribution in [0.2, 0.25) is 0 Å². The molecule has 2 aromatic heterocycles. The highest BCUT2D eigenvalue weighted by atomic mass is 32.2. The van der Waals surface area contributed by atoms with E-state index in [4.69, 9.17) is 14.9 Å². The lowest BCUT2D eigenvalue weighted by atomic mass is 9.99. The summed E-state index contributed by atoms with van der Waals surface area (Å²) in [5.74, 6) is 0.826. The number of nitrogens with two attached hydrogens (primary N) is 1. The maximum absolute atomic E-state index is 13.1. The molecular formula is C20H28N6O3S. The number of ether oxygens (including phenoxy) is 1. The molecule has 162 valence electrons. The number of aromatic nitrogens is 3. The number of nitrogens with zero attached hydrogens (tertiary/aromatic N) is 4. The van der Waals surface area contributed by atoms with Crippen molar-refractivity contribution >= 4 is 21.6 Å². The fraction of sp³-hybridized carbons (Fsp3) is 0.550. The van der Waals surface area contributed by atoms with Crippen LogP contribution in [-0.4, -0.2) is 31.6 Å². The number of pyridine rings is 1. The maximum atomic E-state index is 13.1. The highest BCUT2D eigenvalue weighted by Gasteiger charge is 2.27. The van der Waals surface area contributed by atoms with Crippen molar-refractivity contribution in [3.8, 4) is 5.88 Å². The lowest BCUT2D eigenvalue weighted by Crippen LogP contribution is -2.25. The molecular weight excluding hydrogens is 404 g/mol. The van der Waals surface area contributed by atoms with E-state index in [0.29, 0.717) is 24.7 Å². The first kappa shape index (κ1) is 20.8. The molecule has 0 saturated carbocycles. The molecule has 2 aliphatic rings. The largest absolute Gasteiger partial charge is 0.477 e. The Labute approximate surface area is 176 Å². The standard InChI is InChI=1S/C20H28N6O3S/c1-11(2)17-13(4)18(14-6-5-7-15(14)23-17)24-20(27)25-30(21,28)16-8-22-26-9-12(3)10-29-19(16)26/h8,11-12H,5-7,9-10H2,1-4H3,(H3,21,23,24,25,27,28). The monoisotopic (exact) mass is 432 g/mol. The number of anilines is 1. The second kappa shape index (κ2) is 7.66. The van der Waals surface area contributed by atoms with Crippen LogP contribution in [0.3, 0.4) is 0 Å². The van der Waals surface area contributed by atoms with Gasteiger partial charge in [0.05, 0.1) is 25.0 Å². The molecule has 3 heterocycles. The van der Waals surface area contributed by atoms with Gasteiger partial charge in [0.2, 0.25) is 5.88 Å². The lowest BCUT2D eigenvalue weighted by molar-refractivity contribution is 0.171. The van der Waals surface area contributed by atoms with Gasteiger partial charge < -0.3 is 10.1 Å². The van der Waals surface area contributed by atoms with Gasteiger partial charge in [-0.1, -0.05) is 20.8 Å². The van der Waals surface area contributed by atoms with Crippen molar-refractivity contribution in [3.05, 3.63) is 28.7 Å². The number of amides is 2. The zero-order valence-electron chi connectivity index (χ0n) is 17.8. The molecule has 2 aromatic rings. The normalized spacial score (nSPS) is 19.6. The third kappa shape index (κ3) is 3.69. The molecule has 0 bridgehead atoms. The van der Waals surface area contributed by atoms with E-state index in [0.717, 1.165) is 41.8 Å². The van der Waals surface area contributed by atoms with Gasteiger partial charge in [-0.15, -0.1) is 4.36 Å². The third-order valence-electron chi connectivity index (χ3n) is 5.57. The van der Waals surface area contributed by atoms with Gasteiger partial charge in [-0.25, -0.2) is 18.8 Å². The van der Waals surface area contributed by atoms with Gasteiger partial charge in [0.15, 0.2) is 9.92 Å². The molecule has 2 atom stereocenters. The smallest absolute Gasteiger partial charge is 0.354 e. The van der Waals surface area contributed by atoms with E-state index in [1.54, 1.807) is 4.68 Å². The molecule has 0 aromatic carbocycles. The van der Waals surface area contributed by atoms with Crippen LogP contribution in [0.4, 0.5) is 10.5 Å². The molecule has 1 aliphatic heterocycles. The lowest BCUT2D eigenvalue weighted by Gasteiger charge is -2.21. The molecule has 10 heteroatoms. The summed E-state index contributed by atoms with van der Waals surface area (Å²) in [7, 11) is -3.51. The number of carbonyl (C=O) groups is 1. The van der Waals surface area contributed by atoms with Crippen molar-refractivity contribution in [2.24, 2.45) is 15.4 Å². The SMILES string of the molecule is Cc1c(C(C)C)nc2c(c1NC(=O)N=S(N)(=O)c1cnn3c1OCC(C)C3)CCC2. The molecule has 0 saturated heterocycles. The van der Waals surface area contributed by atoms with E-state index in [9.17, 15) is 9.00 Å². The van der Waals surface area contributed by atoms with Gasteiger partial charge >= 0.3 is 6.03 Å². The first-order chi connectivity index (χ1) is 14.2. The molecule has 2 unspecified atom stereocenters. The Morgan fingerprint density at radius 1 is 1.43 bits per heavy atom. The summed E-state index contributed by atoms with van der Waals surface area (Å²) in [4.78, 5) is 17.7. The first-order valence-electron chi connectivity index (χ1n) is 10.2. The number of carbonyl (C=O) groups excluding carboxylic acids is 1. The Hall–Kier alpha value is -2.46. The van der Waals surface area contributed by atoms with Crippen LogP contribution < -0.4 is 15.2 Å². The number of fused-ring (bicyclic) bond motifs is 2. The Morgan fingerprint density at radius 2 is 2.20 bits per heavy atom. The van der Waals surface area contributed by atoms with Gasteiger partial charge in [0.25, 0.3) is 0 Å². The van der Waals surface area contributed by atoms with Crippen LogP contribution in [0.5, 0.6) is 5.88 Å². The Balaban J connectivity index is 1.67. The van der Waals surface area contributed by atoms with E-state index < -0.39 is 15.9 Å². The molecule has 4 rings (SSSR count). The zero-order valence-corrected chi connectivity index (χ0v) is 18.6. The van der Waals surface area contributed by atoms with Crippen LogP contribution in [0, 0.1) is 12.8 Å². The number of hydrogen-bond acceptors (Lipinski definition) is 5. The molecule has 3 N–H and O–H groups in total. The summed E-state index contributed by atoms with van der Waals surface area (Å²) in [6, 6.07) is -0.746. The van der Waals surface area contributed by atoms with Crippen LogP contribution in [0.1, 0.15) is 55.6 Å². The van der Waals surface area contributed by atoms with Gasteiger partial charge in [-0.05, 0) is 43.2 Å². The fourth-order valence-electron chi connectivity index (χ4n) is 4.14. The average Bonchev–Trinajstić information content (AvgIpc) is 3.29. The Bertz CT molecular complexity index is 1130. The van der Waals surface area contributed by atoms with Crippen LogP contribution >= 0.6 is 0 Å². The second-order valence-electron chi connectivity index (χ2n) is 8.43. The zero-order chi connectivity index (χ0) is 21.6. The molecule has 30 heavy (non-hydrogen) atoms. The summed E-state index contributed by atoms with van der Waals surface area (Å²) in [5, 5.41) is 13.0. The molecule has 2 amide bonds. The highest BCUT2D eigenvalue weighted by Crippen LogP contribution is 2.35. The summed E-state index contributed by atoms with van der Waals surface area (Å²) >= 11 is 0. The number of rotatable bonds is 3. The average molecular weight is 433 g/mol.